The van der Waals surface area contributed by atoms with Crippen molar-refractivity contribution in [2.75, 3.05) is 18.4 Å². The topological polar surface area (TPSA) is 87.7 Å². The number of carbonyl (C=O) groups is 3. The van der Waals surface area contributed by atoms with Crippen molar-refractivity contribution in [3.05, 3.63) is 77.9 Å². The SMILES string of the molecule is CCN(C(=O)CNC(=O)OC(C)(C)C)C(C(=O)Nc1ccc2ccccc2c1)c1ccc(C)cc1. The molecule has 3 aromatic carbocycles. The van der Waals surface area contributed by atoms with Gasteiger partial charge in [-0.3, -0.25) is 9.59 Å². The summed E-state index contributed by atoms with van der Waals surface area (Å²) in [7, 11) is 0. The third kappa shape index (κ3) is 7.06. The summed E-state index contributed by atoms with van der Waals surface area (Å²) in [5, 5.41) is 7.53. The summed E-state index contributed by atoms with van der Waals surface area (Å²) in [4.78, 5) is 40.2. The third-order valence-corrected chi connectivity index (χ3v) is 5.41. The fourth-order valence-electron chi connectivity index (χ4n) is 3.77. The number of fused-ring (bicyclic) bond motifs is 1. The van der Waals surface area contributed by atoms with Gasteiger partial charge in [-0.25, -0.2) is 4.79 Å². The van der Waals surface area contributed by atoms with Gasteiger partial charge in [0.15, 0.2) is 0 Å². The second-order valence-corrected chi connectivity index (χ2v) is 9.40. The highest BCUT2D eigenvalue weighted by Gasteiger charge is 2.31. The molecule has 2 N–H and O–H groups in total. The van der Waals surface area contributed by atoms with E-state index in [1.807, 2.05) is 73.7 Å². The van der Waals surface area contributed by atoms with Gasteiger partial charge in [-0.1, -0.05) is 60.2 Å². The summed E-state index contributed by atoms with van der Waals surface area (Å²) in [5.74, 6) is -0.728. The van der Waals surface area contributed by atoms with E-state index in [1.54, 1.807) is 27.7 Å². The number of anilines is 1. The molecule has 0 fully saturated rings. The Morgan fingerprint density at radius 2 is 1.60 bits per heavy atom. The number of hydrogen-bond donors (Lipinski definition) is 2. The molecule has 0 aliphatic carbocycles. The molecular formula is C28H33N3O4. The molecule has 0 saturated heterocycles. The van der Waals surface area contributed by atoms with Crippen LogP contribution in [0.4, 0.5) is 10.5 Å². The summed E-state index contributed by atoms with van der Waals surface area (Å²) in [5.41, 5.74) is 1.69. The van der Waals surface area contributed by atoms with Crippen molar-refractivity contribution in [3.8, 4) is 0 Å². The molecule has 35 heavy (non-hydrogen) atoms. The lowest BCUT2D eigenvalue weighted by Gasteiger charge is -2.31. The van der Waals surface area contributed by atoms with Gasteiger partial charge in [0.05, 0.1) is 0 Å². The Morgan fingerprint density at radius 3 is 2.23 bits per heavy atom. The van der Waals surface area contributed by atoms with Gasteiger partial charge < -0.3 is 20.3 Å². The highest BCUT2D eigenvalue weighted by Crippen LogP contribution is 2.25. The van der Waals surface area contributed by atoms with Crippen molar-refractivity contribution >= 4 is 34.4 Å². The summed E-state index contributed by atoms with van der Waals surface area (Å²) < 4.78 is 5.22. The maximum atomic E-state index is 13.5. The van der Waals surface area contributed by atoms with Gasteiger partial charge in [0, 0.05) is 12.2 Å². The lowest BCUT2D eigenvalue weighted by molar-refractivity contribution is -0.138. The van der Waals surface area contributed by atoms with E-state index >= 15 is 0 Å². The third-order valence-electron chi connectivity index (χ3n) is 5.41. The average molecular weight is 476 g/mol. The summed E-state index contributed by atoms with van der Waals surface area (Å²) in [6.45, 7) is 9.00. The number of aryl methyl sites for hydroxylation is 1. The molecule has 0 saturated carbocycles. The zero-order valence-corrected chi connectivity index (χ0v) is 20.9. The lowest BCUT2D eigenvalue weighted by atomic mass is 10.0. The van der Waals surface area contributed by atoms with Crippen LogP contribution in [0.3, 0.4) is 0 Å². The van der Waals surface area contributed by atoms with Gasteiger partial charge in [0.1, 0.15) is 18.2 Å². The Kier molecular flexibility index (Phi) is 8.12. The first-order chi connectivity index (χ1) is 16.6. The van der Waals surface area contributed by atoms with Gasteiger partial charge in [0.2, 0.25) is 5.91 Å². The van der Waals surface area contributed by atoms with Crippen LogP contribution in [-0.2, 0) is 14.3 Å². The van der Waals surface area contributed by atoms with Gasteiger partial charge in [-0.2, -0.15) is 0 Å². The molecule has 0 bridgehead atoms. The number of amides is 3. The van der Waals surface area contributed by atoms with Gasteiger partial charge in [0.25, 0.3) is 5.91 Å². The molecule has 1 unspecified atom stereocenters. The van der Waals surface area contributed by atoms with Crippen molar-refractivity contribution in [3.63, 3.8) is 0 Å². The number of hydrogen-bond acceptors (Lipinski definition) is 4. The number of alkyl carbamates (subject to hydrolysis) is 1. The Morgan fingerprint density at radius 1 is 0.943 bits per heavy atom. The number of carbonyl (C=O) groups excluding carboxylic acids is 3. The number of nitrogens with one attached hydrogen (secondary N) is 2. The van der Waals surface area contributed by atoms with Crippen molar-refractivity contribution in [2.45, 2.75) is 46.3 Å². The normalized spacial score (nSPS) is 12.0. The van der Waals surface area contributed by atoms with E-state index in [9.17, 15) is 14.4 Å². The number of likely N-dealkylation sites (N-methyl/N-ethyl adjacent to an activating group) is 1. The Balaban J connectivity index is 1.84. The minimum absolute atomic E-state index is 0.276. The second-order valence-electron chi connectivity index (χ2n) is 9.40. The minimum Gasteiger partial charge on any atom is -0.444 e. The Bertz CT molecular complexity index is 1200. The van der Waals surface area contributed by atoms with Crippen molar-refractivity contribution in [2.24, 2.45) is 0 Å². The number of benzene rings is 3. The lowest BCUT2D eigenvalue weighted by Crippen LogP contribution is -2.46. The van der Waals surface area contributed by atoms with Gasteiger partial charge in [-0.05, 0) is 63.1 Å². The highest BCUT2D eigenvalue weighted by atomic mass is 16.6. The maximum Gasteiger partial charge on any atom is 0.408 e. The van der Waals surface area contributed by atoms with E-state index in [4.69, 9.17) is 4.74 Å². The van der Waals surface area contributed by atoms with Gasteiger partial charge >= 0.3 is 6.09 Å². The Labute approximate surface area is 206 Å². The first kappa shape index (κ1) is 25.7. The Hall–Kier alpha value is -3.87. The molecule has 0 aliphatic heterocycles. The monoisotopic (exact) mass is 475 g/mol. The number of nitrogens with zero attached hydrogens (tertiary/aromatic N) is 1. The van der Waals surface area contributed by atoms with Crippen LogP contribution in [0.5, 0.6) is 0 Å². The molecule has 0 radical (unpaired) electrons. The highest BCUT2D eigenvalue weighted by molar-refractivity contribution is 6.00. The van der Waals surface area contributed by atoms with E-state index in [0.717, 1.165) is 16.3 Å². The van der Waals surface area contributed by atoms with E-state index < -0.39 is 23.6 Å². The predicted octanol–water partition coefficient (Wildman–Crippen LogP) is 5.20. The molecule has 3 amide bonds. The quantitative estimate of drug-likeness (QED) is 0.492. The van der Waals surface area contributed by atoms with Gasteiger partial charge in [-0.15, -0.1) is 0 Å². The number of ether oxygens (including phenoxy) is 1. The first-order valence-corrected chi connectivity index (χ1v) is 11.7. The van der Waals surface area contributed by atoms with E-state index in [2.05, 4.69) is 10.6 Å². The van der Waals surface area contributed by atoms with E-state index in [-0.39, 0.29) is 19.0 Å². The maximum absolute atomic E-state index is 13.5. The molecule has 3 rings (SSSR count). The zero-order chi connectivity index (χ0) is 25.6. The zero-order valence-electron chi connectivity index (χ0n) is 20.9. The average Bonchev–Trinajstić information content (AvgIpc) is 2.80. The fourth-order valence-corrected chi connectivity index (χ4v) is 3.77. The van der Waals surface area contributed by atoms with Crippen molar-refractivity contribution in [1.82, 2.24) is 10.2 Å². The second kappa shape index (κ2) is 11.0. The van der Waals surface area contributed by atoms with E-state index in [1.165, 1.54) is 4.90 Å². The molecule has 0 heterocycles. The van der Waals surface area contributed by atoms with Crippen LogP contribution in [-0.4, -0.2) is 41.5 Å². The summed E-state index contributed by atoms with van der Waals surface area (Å²) >= 11 is 0. The van der Waals surface area contributed by atoms with Crippen LogP contribution >= 0.6 is 0 Å². The van der Waals surface area contributed by atoms with Crippen LogP contribution in [0.15, 0.2) is 66.7 Å². The van der Waals surface area contributed by atoms with Crippen LogP contribution in [0.1, 0.15) is 44.9 Å². The van der Waals surface area contributed by atoms with Crippen molar-refractivity contribution in [1.29, 1.82) is 0 Å². The van der Waals surface area contributed by atoms with Crippen molar-refractivity contribution < 1.29 is 19.1 Å². The largest absolute Gasteiger partial charge is 0.444 e. The fraction of sp³-hybridized carbons (Fsp3) is 0.321. The molecule has 3 aromatic rings. The molecule has 184 valence electrons. The van der Waals surface area contributed by atoms with Crippen LogP contribution in [0.25, 0.3) is 10.8 Å². The predicted molar refractivity (Wildman–Crippen MR) is 138 cm³/mol. The smallest absolute Gasteiger partial charge is 0.408 e. The number of rotatable bonds is 7. The van der Waals surface area contributed by atoms with Crippen LogP contribution in [0, 0.1) is 6.92 Å². The van der Waals surface area contributed by atoms with E-state index in [0.29, 0.717) is 11.3 Å². The minimum atomic E-state index is -0.875. The molecule has 0 aliphatic rings. The molecule has 1 atom stereocenters. The molecule has 0 spiro atoms. The molecule has 7 heteroatoms. The molecule has 7 nitrogen and oxygen atoms in total. The summed E-state index contributed by atoms with van der Waals surface area (Å²) in [6.07, 6.45) is -0.686. The first-order valence-electron chi connectivity index (χ1n) is 11.7. The van der Waals surface area contributed by atoms with Crippen LogP contribution in [0.2, 0.25) is 0 Å². The van der Waals surface area contributed by atoms with Crippen LogP contribution < -0.4 is 10.6 Å². The molecular weight excluding hydrogens is 442 g/mol. The standard InChI is InChI=1S/C28H33N3O4/c1-6-31(24(32)18-29-27(34)35-28(3,4)5)25(21-13-11-19(2)12-14-21)26(33)30-23-16-15-20-9-7-8-10-22(20)17-23/h7-17,25H,6,18H2,1-5H3,(H,29,34)(H,30,33). The molecule has 0 aromatic heterocycles. The summed E-state index contributed by atoms with van der Waals surface area (Å²) in [6, 6.07) is 20.2.